The van der Waals surface area contributed by atoms with E-state index >= 15 is 0 Å². The smallest absolute Gasteiger partial charge is 0.126 e. The van der Waals surface area contributed by atoms with Crippen LogP contribution in [0.1, 0.15) is 5.56 Å². The summed E-state index contributed by atoms with van der Waals surface area (Å²) in [5, 5.41) is 17.4. The van der Waals surface area contributed by atoms with E-state index in [-0.39, 0.29) is 5.57 Å². The van der Waals surface area contributed by atoms with Gasteiger partial charge >= 0.3 is 0 Å². The molecular formula is C12H9N2O-. The van der Waals surface area contributed by atoms with Gasteiger partial charge in [-0.25, -0.2) is 5.87 Å². The van der Waals surface area contributed by atoms with Crippen LogP contribution in [0, 0.1) is 11.3 Å². The lowest BCUT2D eigenvalue weighted by molar-refractivity contribution is 0.413. The molecule has 0 aromatic heterocycles. The predicted molar refractivity (Wildman–Crippen MR) is 59.5 cm³/mol. The third-order valence-electron chi connectivity index (χ3n) is 1.96. The fraction of sp³-hybridized carbons (Fsp3) is 0.0833. The summed E-state index contributed by atoms with van der Waals surface area (Å²) >= 11 is 0. The van der Waals surface area contributed by atoms with Gasteiger partial charge in [0.1, 0.15) is 11.8 Å². The number of benzene rings is 1. The molecular weight excluding hydrogens is 188 g/mol. The molecule has 3 heteroatoms. The van der Waals surface area contributed by atoms with E-state index < -0.39 is 0 Å². The summed E-state index contributed by atoms with van der Waals surface area (Å²) in [6.07, 6.45) is 0. The van der Waals surface area contributed by atoms with Gasteiger partial charge in [0, 0.05) is 11.1 Å². The van der Waals surface area contributed by atoms with Crippen molar-refractivity contribution in [1.82, 2.24) is 0 Å². The van der Waals surface area contributed by atoms with E-state index in [2.05, 4.69) is 6.58 Å². The molecule has 0 N–H and O–H groups in total. The minimum Gasteiger partial charge on any atom is -0.762 e. The molecule has 0 spiro atoms. The van der Waals surface area contributed by atoms with Gasteiger partial charge in [0.25, 0.3) is 0 Å². The lowest BCUT2D eigenvalue weighted by Crippen LogP contribution is -1.92. The molecule has 0 bridgehead atoms. The van der Waals surface area contributed by atoms with Crippen LogP contribution in [0.15, 0.2) is 36.4 Å². The summed E-state index contributed by atoms with van der Waals surface area (Å²) in [6.45, 7) is 3.71. The van der Waals surface area contributed by atoms with Gasteiger partial charge in [-0.1, -0.05) is 24.8 Å². The van der Waals surface area contributed by atoms with Crippen LogP contribution in [0.4, 0.5) is 0 Å². The fourth-order valence-electron chi connectivity index (χ4n) is 1.19. The topological polar surface area (TPSA) is 55.3 Å². The normalized spacial score (nSPS) is 8.53. The summed E-state index contributed by atoms with van der Waals surface area (Å²) in [6, 6.07) is 8.93. The number of nitriles is 1. The predicted octanol–water partition coefficient (Wildman–Crippen LogP) is 2.40. The molecule has 0 unspecified atom stereocenters. The highest BCUT2D eigenvalue weighted by molar-refractivity contribution is 5.93. The van der Waals surface area contributed by atoms with Crippen molar-refractivity contribution in [3.63, 3.8) is 0 Å². The van der Waals surface area contributed by atoms with E-state index in [0.717, 1.165) is 0 Å². The largest absolute Gasteiger partial charge is 0.762 e. The first-order chi connectivity index (χ1) is 7.24. The Labute approximate surface area is 88.4 Å². The van der Waals surface area contributed by atoms with E-state index in [1.54, 1.807) is 30.1 Å². The number of allylic oxidation sites excluding steroid dienone is 2. The zero-order valence-corrected chi connectivity index (χ0v) is 8.32. The average Bonchev–Trinajstić information content (AvgIpc) is 2.30. The number of hydrogen-bond donors (Lipinski definition) is 0. The van der Waals surface area contributed by atoms with Crippen molar-refractivity contribution < 1.29 is 4.74 Å². The number of nitrogens with zero attached hydrogens (tertiary/aromatic N) is 2. The lowest BCUT2D eigenvalue weighted by Gasteiger charge is -2.09. The van der Waals surface area contributed by atoms with Gasteiger partial charge in [0.2, 0.25) is 0 Å². The molecule has 1 rings (SSSR count). The highest BCUT2D eigenvalue weighted by Gasteiger charge is 2.08. The van der Waals surface area contributed by atoms with Crippen LogP contribution in [0.3, 0.4) is 0 Å². The van der Waals surface area contributed by atoms with Crippen LogP contribution in [-0.2, 0) is 0 Å². The number of rotatable bonds is 3. The monoisotopic (exact) mass is 197 g/mol. The minimum atomic E-state index is -0.000463. The molecule has 0 saturated heterocycles. The third kappa shape index (κ3) is 2.14. The van der Waals surface area contributed by atoms with E-state index in [1.165, 1.54) is 7.11 Å². The average molecular weight is 197 g/mol. The molecule has 3 nitrogen and oxygen atoms in total. The molecule has 15 heavy (non-hydrogen) atoms. The molecule has 0 atom stereocenters. The zero-order chi connectivity index (χ0) is 11.3. The van der Waals surface area contributed by atoms with Crippen molar-refractivity contribution in [2.75, 3.05) is 7.11 Å². The highest BCUT2D eigenvalue weighted by atomic mass is 16.5. The second-order valence-electron chi connectivity index (χ2n) is 2.78. The van der Waals surface area contributed by atoms with Crippen LogP contribution in [0.25, 0.3) is 11.0 Å². The Hall–Kier alpha value is -2.30. The van der Waals surface area contributed by atoms with E-state index in [9.17, 15) is 0 Å². The first kappa shape index (κ1) is 10.8. The van der Waals surface area contributed by atoms with Gasteiger partial charge in [-0.15, -0.1) is 0 Å². The maximum Gasteiger partial charge on any atom is 0.126 e. The first-order valence-corrected chi connectivity index (χ1v) is 4.24. The number of ether oxygens (including phenoxy) is 1. The van der Waals surface area contributed by atoms with E-state index in [4.69, 9.17) is 15.4 Å². The van der Waals surface area contributed by atoms with Gasteiger partial charge in [-0.3, -0.25) is 0 Å². The van der Waals surface area contributed by atoms with Crippen molar-refractivity contribution in [1.29, 1.82) is 5.26 Å². The van der Waals surface area contributed by atoms with Crippen molar-refractivity contribution >= 4 is 11.4 Å². The molecule has 0 aliphatic rings. The number of hydrogen-bond acceptors (Lipinski definition) is 2. The molecule has 0 aliphatic carbocycles. The molecule has 0 radical (unpaired) electrons. The summed E-state index contributed by atoms with van der Waals surface area (Å²) in [5.41, 5.74) is 1.05. The Kier molecular flexibility index (Phi) is 3.45. The maximum absolute atomic E-state index is 8.71. The Morgan fingerprint density at radius 3 is 2.67 bits per heavy atom. The third-order valence-corrected chi connectivity index (χ3v) is 1.96. The van der Waals surface area contributed by atoms with Crippen molar-refractivity contribution in [2.24, 2.45) is 0 Å². The van der Waals surface area contributed by atoms with Crippen molar-refractivity contribution in [3.05, 3.63) is 47.4 Å². The summed E-state index contributed by atoms with van der Waals surface area (Å²) < 4.78 is 5.11. The molecule has 1 aromatic carbocycles. The van der Waals surface area contributed by atoms with E-state index in [1.807, 2.05) is 6.07 Å². The molecule has 0 amide bonds. The van der Waals surface area contributed by atoms with Gasteiger partial charge in [0.15, 0.2) is 0 Å². The maximum atomic E-state index is 8.71. The highest BCUT2D eigenvalue weighted by Crippen LogP contribution is 2.27. The van der Waals surface area contributed by atoms with Gasteiger partial charge in [-0.2, -0.15) is 5.26 Å². The SMILES string of the molecule is C=C(C(=C=[N-])C#N)c1ccccc1OC. The van der Waals surface area contributed by atoms with Crippen molar-refractivity contribution in [3.8, 4) is 11.8 Å². The van der Waals surface area contributed by atoms with Crippen LogP contribution >= 0.6 is 0 Å². The summed E-state index contributed by atoms with van der Waals surface area (Å²) in [5.74, 6) is 2.40. The second kappa shape index (κ2) is 4.80. The first-order valence-electron chi connectivity index (χ1n) is 4.24. The number of methoxy groups -OCH3 is 1. The number of para-hydroxylation sites is 1. The van der Waals surface area contributed by atoms with Crippen molar-refractivity contribution in [2.45, 2.75) is 0 Å². The zero-order valence-electron chi connectivity index (χ0n) is 8.32. The van der Waals surface area contributed by atoms with Gasteiger partial charge in [-0.05, 0) is 6.07 Å². The fourth-order valence-corrected chi connectivity index (χ4v) is 1.19. The summed E-state index contributed by atoms with van der Waals surface area (Å²) in [4.78, 5) is 0. The Morgan fingerprint density at radius 2 is 2.13 bits per heavy atom. The molecule has 0 aliphatic heterocycles. The Bertz CT molecular complexity index is 477. The second-order valence-corrected chi connectivity index (χ2v) is 2.78. The Balaban J connectivity index is 3.24. The lowest BCUT2D eigenvalue weighted by atomic mass is 10.0. The van der Waals surface area contributed by atoms with E-state index in [0.29, 0.717) is 16.9 Å². The Morgan fingerprint density at radius 1 is 1.47 bits per heavy atom. The van der Waals surface area contributed by atoms with Crippen LogP contribution in [0.2, 0.25) is 0 Å². The minimum absolute atomic E-state index is 0.000463. The molecule has 0 saturated carbocycles. The molecule has 1 aromatic rings. The molecule has 74 valence electrons. The molecule has 0 fully saturated rings. The summed E-state index contributed by atoms with van der Waals surface area (Å²) in [7, 11) is 1.53. The quantitative estimate of drug-likeness (QED) is 0.424. The van der Waals surface area contributed by atoms with Crippen LogP contribution in [0.5, 0.6) is 5.75 Å². The van der Waals surface area contributed by atoms with Crippen LogP contribution in [-0.4, -0.2) is 13.0 Å². The van der Waals surface area contributed by atoms with Gasteiger partial charge < -0.3 is 10.1 Å². The van der Waals surface area contributed by atoms with Gasteiger partial charge in [0.05, 0.1) is 12.7 Å². The molecule has 0 heterocycles. The standard InChI is InChI=1S/C12H9N2O/c1-9(10(7-13)8-14)11-5-3-4-6-12(11)15-2/h3-6H,1H2,2H3/q-1. The van der Waals surface area contributed by atoms with Crippen LogP contribution < -0.4 is 4.74 Å².